The van der Waals surface area contributed by atoms with Gasteiger partial charge in [-0.25, -0.2) is 13.8 Å². The fourth-order valence-corrected chi connectivity index (χ4v) is 3.31. The van der Waals surface area contributed by atoms with Crippen LogP contribution >= 0.6 is 11.3 Å². The van der Waals surface area contributed by atoms with Gasteiger partial charge in [0.15, 0.2) is 5.13 Å². The third-order valence-electron chi connectivity index (χ3n) is 4.00. The van der Waals surface area contributed by atoms with E-state index in [1.165, 1.54) is 18.3 Å². The molecule has 0 fully saturated rings. The second-order valence-corrected chi connectivity index (χ2v) is 7.25. The Morgan fingerprint density at radius 1 is 1.14 bits per heavy atom. The standard InChI is InChI=1S/C20H18F2N4O2S/c1-11(24-18(27)8-12-6-14(21)9-15(22)7-12)19(28)26-20-25-17(10-29-20)13-2-4-16(23)5-3-13/h2-7,9-11H,8,23H2,1H3,(H,24,27)(H,25,26,28). The van der Waals surface area contributed by atoms with Crippen LogP contribution in [0.4, 0.5) is 19.6 Å². The lowest BCUT2D eigenvalue weighted by molar-refractivity contribution is -0.125. The Morgan fingerprint density at radius 3 is 2.45 bits per heavy atom. The Hall–Kier alpha value is -3.33. The number of carbonyl (C=O) groups excluding carboxylic acids is 2. The van der Waals surface area contributed by atoms with E-state index in [1.807, 2.05) is 12.1 Å². The summed E-state index contributed by atoms with van der Waals surface area (Å²) in [5.41, 5.74) is 8.04. The van der Waals surface area contributed by atoms with Gasteiger partial charge in [-0.15, -0.1) is 11.3 Å². The molecule has 1 heterocycles. The highest BCUT2D eigenvalue weighted by Crippen LogP contribution is 2.25. The summed E-state index contributed by atoms with van der Waals surface area (Å²) >= 11 is 1.25. The van der Waals surface area contributed by atoms with Gasteiger partial charge in [-0.05, 0) is 36.8 Å². The van der Waals surface area contributed by atoms with Crippen LogP contribution in [0.25, 0.3) is 11.3 Å². The van der Waals surface area contributed by atoms with E-state index < -0.39 is 29.5 Å². The molecular formula is C20H18F2N4O2S. The fraction of sp³-hybridized carbons (Fsp3) is 0.150. The van der Waals surface area contributed by atoms with Crippen molar-refractivity contribution in [1.29, 1.82) is 0 Å². The van der Waals surface area contributed by atoms with Crippen molar-refractivity contribution in [2.45, 2.75) is 19.4 Å². The molecule has 1 aromatic heterocycles. The number of nitrogen functional groups attached to an aromatic ring is 1. The minimum Gasteiger partial charge on any atom is -0.399 e. The number of aromatic nitrogens is 1. The van der Waals surface area contributed by atoms with Crippen LogP contribution < -0.4 is 16.4 Å². The van der Waals surface area contributed by atoms with Crippen LogP contribution in [0, 0.1) is 11.6 Å². The third-order valence-corrected chi connectivity index (χ3v) is 4.76. The average Bonchev–Trinajstić information content (AvgIpc) is 3.09. The summed E-state index contributed by atoms with van der Waals surface area (Å²) in [5.74, 6) is -2.51. The highest BCUT2D eigenvalue weighted by molar-refractivity contribution is 7.14. The van der Waals surface area contributed by atoms with Gasteiger partial charge < -0.3 is 16.4 Å². The normalized spacial score (nSPS) is 11.7. The van der Waals surface area contributed by atoms with Gasteiger partial charge in [0, 0.05) is 22.7 Å². The molecule has 29 heavy (non-hydrogen) atoms. The molecule has 4 N–H and O–H groups in total. The third kappa shape index (κ3) is 5.58. The van der Waals surface area contributed by atoms with Gasteiger partial charge in [0.05, 0.1) is 12.1 Å². The first-order valence-corrected chi connectivity index (χ1v) is 9.55. The fourth-order valence-electron chi connectivity index (χ4n) is 2.59. The number of hydrogen-bond donors (Lipinski definition) is 3. The zero-order valence-corrected chi connectivity index (χ0v) is 16.2. The van der Waals surface area contributed by atoms with Crippen LogP contribution in [-0.4, -0.2) is 22.8 Å². The summed E-state index contributed by atoms with van der Waals surface area (Å²) < 4.78 is 26.4. The molecule has 0 spiro atoms. The molecule has 2 aromatic carbocycles. The summed E-state index contributed by atoms with van der Waals surface area (Å²) in [6.45, 7) is 1.51. The number of amides is 2. The van der Waals surface area contributed by atoms with E-state index in [-0.39, 0.29) is 12.0 Å². The number of carbonyl (C=O) groups is 2. The SMILES string of the molecule is CC(NC(=O)Cc1cc(F)cc(F)c1)C(=O)Nc1nc(-c2ccc(N)cc2)cs1. The number of nitrogens with two attached hydrogens (primary N) is 1. The molecule has 3 aromatic rings. The number of nitrogens with zero attached hydrogens (tertiary/aromatic N) is 1. The van der Waals surface area contributed by atoms with Gasteiger partial charge in [-0.1, -0.05) is 12.1 Å². The van der Waals surface area contributed by atoms with Crippen molar-refractivity contribution in [3.63, 3.8) is 0 Å². The topological polar surface area (TPSA) is 97.1 Å². The summed E-state index contributed by atoms with van der Waals surface area (Å²) in [4.78, 5) is 28.7. The van der Waals surface area contributed by atoms with Gasteiger partial charge >= 0.3 is 0 Å². The van der Waals surface area contributed by atoms with Crippen LogP contribution in [0.2, 0.25) is 0 Å². The predicted octanol–water partition coefficient (Wildman–Crippen LogP) is 3.36. The monoisotopic (exact) mass is 416 g/mol. The largest absolute Gasteiger partial charge is 0.399 e. The van der Waals surface area contributed by atoms with E-state index in [0.29, 0.717) is 16.5 Å². The van der Waals surface area contributed by atoms with Crippen molar-refractivity contribution < 1.29 is 18.4 Å². The molecule has 6 nitrogen and oxygen atoms in total. The number of rotatable bonds is 6. The van der Waals surface area contributed by atoms with Gasteiger partial charge in [-0.3, -0.25) is 9.59 Å². The van der Waals surface area contributed by atoms with E-state index in [0.717, 1.165) is 23.8 Å². The first-order valence-electron chi connectivity index (χ1n) is 8.67. The van der Waals surface area contributed by atoms with E-state index in [1.54, 1.807) is 17.5 Å². The van der Waals surface area contributed by atoms with Crippen LogP contribution in [0.15, 0.2) is 47.8 Å². The Labute approximate surface area is 169 Å². The molecule has 1 unspecified atom stereocenters. The molecule has 0 aliphatic rings. The van der Waals surface area contributed by atoms with Gasteiger partial charge in [0.2, 0.25) is 11.8 Å². The highest BCUT2D eigenvalue weighted by atomic mass is 32.1. The summed E-state index contributed by atoms with van der Waals surface area (Å²) in [7, 11) is 0. The molecule has 150 valence electrons. The zero-order valence-electron chi connectivity index (χ0n) is 15.4. The molecule has 0 aliphatic heterocycles. The molecule has 2 amide bonds. The maximum Gasteiger partial charge on any atom is 0.248 e. The Kier molecular flexibility index (Phi) is 6.18. The van der Waals surface area contributed by atoms with Crippen molar-refractivity contribution in [2.75, 3.05) is 11.1 Å². The smallest absolute Gasteiger partial charge is 0.248 e. The summed E-state index contributed by atoms with van der Waals surface area (Å²) in [5, 5.41) is 7.32. The first-order chi connectivity index (χ1) is 13.8. The molecule has 0 saturated carbocycles. The average molecular weight is 416 g/mol. The van der Waals surface area contributed by atoms with Crippen molar-refractivity contribution >= 4 is 34.0 Å². The molecule has 1 atom stereocenters. The quantitative estimate of drug-likeness (QED) is 0.537. The number of anilines is 2. The van der Waals surface area contributed by atoms with Crippen LogP contribution in [-0.2, 0) is 16.0 Å². The first kappa shape index (κ1) is 20.4. The lowest BCUT2D eigenvalue weighted by Gasteiger charge is -2.13. The summed E-state index contributed by atoms with van der Waals surface area (Å²) in [6.07, 6.45) is -0.245. The van der Waals surface area contributed by atoms with E-state index in [9.17, 15) is 18.4 Å². The number of halogens is 2. The highest BCUT2D eigenvalue weighted by Gasteiger charge is 2.18. The lowest BCUT2D eigenvalue weighted by Crippen LogP contribution is -2.42. The number of hydrogen-bond acceptors (Lipinski definition) is 5. The summed E-state index contributed by atoms with van der Waals surface area (Å²) in [6, 6.07) is 9.18. The van der Waals surface area contributed by atoms with Crippen LogP contribution in [0.3, 0.4) is 0 Å². The molecule has 0 aliphatic carbocycles. The van der Waals surface area contributed by atoms with Crippen molar-refractivity contribution in [3.8, 4) is 11.3 Å². The van der Waals surface area contributed by atoms with E-state index >= 15 is 0 Å². The van der Waals surface area contributed by atoms with Crippen molar-refractivity contribution in [1.82, 2.24) is 10.3 Å². The molecule has 0 bridgehead atoms. The zero-order chi connectivity index (χ0) is 21.0. The second-order valence-electron chi connectivity index (χ2n) is 6.39. The lowest BCUT2D eigenvalue weighted by atomic mass is 10.1. The number of thiazole rings is 1. The van der Waals surface area contributed by atoms with Gasteiger partial charge in [-0.2, -0.15) is 0 Å². The molecular weight excluding hydrogens is 398 g/mol. The van der Waals surface area contributed by atoms with Crippen molar-refractivity contribution in [3.05, 3.63) is 65.0 Å². The van der Waals surface area contributed by atoms with E-state index in [2.05, 4.69) is 15.6 Å². The van der Waals surface area contributed by atoms with Gasteiger partial charge in [0.25, 0.3) is 0 Å². The minimum absolute atomic E-state index is 0.181. The molecule has 9 heteroatoms. The molecule has 3 rings (SSSR count). The Morgan fingerprint density at radius 2 is 1.79 bits per heavy atom. The maximum atomic E-state index is 13.2. The number of nitrogens with one attached hydrogen (secondary N) is 2. The molecule has 0 saturated heterocycles. The predicted molar refractivity (Wildman–Crippen MR) is 108 cm³/mol. The van der Waals surface area contributed by atoms with E-state index in [4.69, 9.17) is 5.73 Å². The maximum absolute atomic E-state index is 13.2. The number of benzene rings is 2. The van der Waals surface area contributed by atoms with Crippen molar-refractivity contribution in [2.24, 2.45) is 0 Å². The minimum atomic E-state index is -0.857. The van der Waals surface area contributed by atoms with Crippen LogP contribution in [0.1, 0.15) is 12.5 Å². The Bertz CT molecular complexity index is 1020. The second kappa shape index (κ2) is 8.78. The molecule has 0 radical (unpaired) electrons. The van der Waals surface area contributed by atoms with Gasteiger partial charge in [0.1, 0.15) is 17.7 Å². The Balaban J connectivity index is 1.56. The van der Waals surface area contributed by atoms with Crippen LogP contribution in [0.5, 0.6) is 0 Å².